The first-order valence-electron chi connectivity index (χ1n) is 8.05. The van der Waals surface area contributed by atoms with Crippen LogP contribution in [0.25, 0.3) is 0 Å². The van der Waals surface area contributed by atoms with Crippen LogP contribution >= 0.6 is 11.6 Å². The van der Waals surface area contributed by atoms with E-state index in [-0.39, 0.29) is 24.2 Å². The summed E-state index contributed by atoms with van der Waals surface area (Å²) in [7, 11) is 2.98. The zero-order valence-electron chi connectivity index (χ0n) is 14.6. The summed E-state index contributed by atoms with van der Waals surface area (Å²) >= 11 is 6.38. The Morgan fingerprint density at radius 2 is 2.04 bits per heavy atom. The molecule has 0 atom stereocenters. The van der Waals surface area contributed by atoms with Crippen molar-refractivity contribution in [2.45, 2.75) is 25.7 Å². The molecule has 2 heterocycles. The van der Waals surface area contributed by atoms with E-state index < -0.39 is 17.6 Å². The molecular formula is C17H17ClF3N3O3. The quantitative estimate of drug-likeness (QED) is 0.850. The number of halogens is 4. The zero-order valence-corrected chi connectivity index (χ0v) is 15.4. The molecule has 1 aliphatic heterocycles. The van der Waals surface area contributed by atoms with Gasteiger partial charge in [-0.05, 0) is 11.6 Å². The third-order valence-electron chi connectivity index (χ3n) is 4.38. The minimum absolute atomic E-state index is 0.181. The topological polar surface area (TPSA) is 67.5 Å². The van der Waals surface area contributed by atoms with Gasteiger partial charge in [0.05, 0.1) is 30.5 Å². The number of aromatic amines is 1. The molecule has 0 bridgehead atoms. The summed E-state index contributed by atoms with van der Waals surface area (Å²) in [4.78, 5) is 19.4. The molecular weight excluding hydrogens is 387 g/mol. The molecule has 0 saturated heterocycles. The van der Waals surface area contributed by atoms with Crippen molar-refractivity contribution < 1.29 is 22.6 Å². The highest BCUT2D eigenvalue weighted by atomic mass is 35.5. The zero-order chi connectivity index (χ0) is 19.8. The molecule has 1 aromatic carbocycles. The fraction of sp³-hybridized carbons (Fsp3) is 0.412. The number of alkyl halides is 3. The van der Waals surface area contributed by atoms with Gasteiger partial charge in [-0.15, -0.1) is 0 Å². The van der Waals surface area contributed by atoms with Gasteiger partial charge in [-0.3, -0.25) is 9.69 Å². The van der Waals surface area contributed by atoms with E-state index in [9.17, 15) is 18.0 Å². The molecule has 10 heteroatoms. The lowest BCUT2D eigenvalue weighted by Gasteiger charge is -2.28. The summed E-state index contributed by atoms with van der Waals surface area (Å²) in [5.74, 6) is -0.360. The normalized spacial score (nSPS) is 14.7. The van der Waals surface area contributed by atoms with Crippen LogP contribution in [0.15, 0.2) is 16.9 Å². The van der Waals surface area contributed by atoms with E-state index in [2.05, 4.69) is 4.98 Å². The van der Waals surface area contributed by atoms with Gasteiger partial charge in [0.15, 0.2) is 11.5 Å². The van der Waals surface area contributed by atoms with E-state index >= 15 is 0 Å². The van der Waals surface area contributed by atoms with E-state index in [0.717, 1.165) is 5.56 Å². The Balaban J connectivity index is 1.85. The van der Waals surface area contributed by atoms with Crippen LogP contribution in [0.3, 0.4) is 0 Å². The summed E-state index contributed by atoms with van der Waals surface area (Å²) in [5.41, 5.74) is 0.413. The SMILES string of the molecule is COc1ccc(CN2CCc3nc(C(F)(F)F)[nH]c(=O)c3C2)c(Cl)c1OC. The van der Waals surface area contributed by atoms with Gasteiger partial charge in [-0.1, -0.05) is 17.7 Å². The van der Waals surface area contributed by atoms with Crippen LogP contribution in [0.1, 0.15) is 22.6 Å². The summed E-state index contributed by atoms with van der Waals surface area (Å²) in [6.45, 7) is 1.03. The summed E-state index contributed by atoms with van der Waals surface area (Å²) in [6.07, 6.45) is -4.44. The van der Waals surface area contributed by atoms with E-state index in [1.807, 2.05) is 9.88 Å². The van der Waals surface area contributed by atoms with Crippen LogP contribution < -0.4 is 15.0 Å². The molecule has 2 aromatic rings. The first kappa shape index (κ1) is 19.5. The highest BCUT2D eigenvalue weighted by molar-refractivity contribution is 6.33. The predicted octanol–water partition coefficient (Wildman–Crippen LogP) is 3.02. The fourth-order valence-corrected chi connectivity index (χ4v) is 3.34. The van der Waals surface area contributed by atoms with Crippen molar-refractivity contribution >= 4 is 11.6 Å². The number of ether oxygens (including phenoxy) is 2. The van der Waals surface area contributed by atoms with Crippen molar-refractivity contribution in [3.8, 4) is 11.5 Å². The molecule has 0 unspecified atom stereocenters. The van der Waals surface area contributed by atoms with Crippen LogP contribution in [-0.2, 0) is 25.7 Å². The Morgan fingerprint density at radius 1 is 1.30 bits per heavy atom. The Morgan fingerprint density at radius 3 is 2.67 bits per heavy atom. The number of methoxy groups -OCH3 is 2. The van der Waals surface area contributed by atoms with Crippen molar-refractivity contribution in [2.24, 2.45) is 0 Å². The number of hydrogen-bond acceptors (Lipinski definition) is 5. The van der Waals surface area contributed by atoms with Gasteiger partial charge in [0.25, 0.3) is 5.56 Å². The second-order valence-corrected chi connectivity index (χ2v) is 6.45. The number of H-pyrrole nitrogens is 1. The molecule has 27 heavy (non-hydrogen) atoms. The molecule has 0 radical (unpaired) electrons. The lowest BCUT2D eigenvalue weighted by molar-refractivity contribution is -0.145. The Kier molecular flexibility index (Phi) is 5.34. The summed E-state index contributed by atoms with van der Waals surface area (Å²) < 4.78 is 48.9. The number of nitrogens with zero attached hydrogens (tertiary/aromatic N) is 2. The minimum Gasteiger partial charge on any atom is -0.493 e. The monoisotopic (exact) mass is 403 g/mol. The molecule has 0 amide bonds. The number of fused-ring (bicyclic) bond motifs is 1. The molecule has 0 aliphatic carbocycles. The lowest BCUT2D eigenvalue weighted by atomic mass is 10.1. The van der Waals surface area contributed by atoms with Gasteiger partial charge < -0.3 is 14.5 Å². The number of rotatable bonds is 4. The third kappa shape index (κ3) is 3.89. The van der Waals surface area contributed by atoms with Crippen LogP contribution in [0.2, 0.25) is 5.02 Å². The molecule has 1 aromatic heterocycles. The minimum atomic E-state index is -4.68. The standard InChI is InChI=1S/C17H17ClF3N3O3/c1-26-12-4-3-9(13(18)14(12)27-2)7-24-6-5-11-10(8-24)15(25)23-16(22-11)17(19,20)21/h3-4H,5-8H2,1-2H3,(H,22,23,25). The maximum atomic E-state index is 12.8. The number of nitrogens with one attached hydrogen (secondary N) is 1. The van der Waals surface area contributed by atoms with E-state index in [1.54, 1.807) is 12.1 Å². The van der Waals surface area contributed by atoms with Crippen LogP contribution in [0.5, 0.6) is 11.5 Å². The maximum Gasteiger partial charge on any atom is 0.449 e. The van der Waals surface area contributed by atoms with E-state index in [1.165, 1.54) is 14.2 Å². The predicted molar refractivity (Wildman–Crippen MR) is 92.2 cm³/mol. The van der Waals surface area contributed by atoms with Crippen molar-refractivity contribution in [3.05, 3.63) is 50.2 Å². The summed E-state index contributed by atoms with van der Waals surface area (Å²) in [6, 6.07) is 3.51. The van der Waals surface area contributed by atoms with Crippen LogP contribution in [-0.4, -0.2) is 35.6 Å². The van der Waals surface area contributed by atoms with Crippen molar-refractivity contribution in [2.75, 3.05) is 20.8 Å². The summed E-state index contributed by atoms with van der Waals surface area (Å²) in [5, 5.41) is 0.391. The average molecular weight is 404 g/mol. The molecule has 1 aliphatic rings. The first-order chi connectivity index (χ1) is 12.7. The fourth-order valence-electron chi connectivity index (χ4n) is 3.04. The van der Waals surface area contributed by atoms with E-state index in [0.29, 0.717) is 29.6 Å². The van der Waals surface area contributed by atoms with Crippen molar-refractivity contribution in [1.82, 2.24) is 14.9 Å². The van der Waals surface area contributed by atoms with Crippen molar-refractivity contribution in [3.63, 3.8) is 0 Å². The largest absolute Gasteiger partial charge is 0.493 e. The van der Waals surface area contributed by atoms with E-state index in [4.69, 9.17) is 21.1 Å². The highest BCUT2D eigenvalue weighted by Gasteiger charge is 2.36. The van der Waals surface area contributed by atoms with Crippen LogP contribution in [0, 0.1) is 0 Å². The molecule has 3 rings (SSSR count). The molecule has 6 nitrogen and oxygen atoms in total. The van der Waals surface area contributed by atoms with Gasteiger partial charge in [-0.2, -0.15) is 13.2 Å². The van der Waals surface area contributed by atoms with Gasteiger partial charge >= 0.3 is 6.18 Å². The highest BCUT2D eigenvalue weighted by Crippen LogP contribution is 2.38. The number of benzene rings is 1. The van der Waals surface area contributed by atoms with Crippen molar-refractivity contribution in [1.29, 1.82) is 0 Å². The molecule has 0 spiro atoms. The van der Waals surface area contributed by atoms with Crippen LogP contribution in [0.4, 0.5) is 13.2 Å². The second kappa shape index (κ2) is 7.40. The lowest BCUT2D eigenvalue weighted by Crippen LogP contribution is -2.36. The Labute approximate surface area is 157 Å². The molecule has 0 saturated carbocycles. The van der Waals surface area contributed by atoms with Gasteiger partial charge in [0, 0.05) is 26.1 Å². The van der Waals surface area contributed by atoms with Gasteiger partial charge in [0.1, 0.15) is 0 Å². The Hall–Kier alpha value is -2.26. The molecule has 146 valence electrons. The molecule has 0 fully saturated rings. The average Bonchev–Trinajstić information content (AvgIpc) is 2.62. The van der Waals surface area contributed by atoms with Gasteiger partial charge in [0.2, 0.25) is 5.82 Å². The first-order valence-corrected chi connectivity index (χ1v) is 8.43. The Bertz CT molecular complexity index is 915. The molecule has 1 N–H and O–H groups in total. The number of aromatic nitrogens is 2. The third-order valence-corrected chi connectivity index (χ3v) is 4.79. The smallest absolute Gasteiger partial charge is 0.449 e. The number of hydrogen-bond donors (Lipinski definition) is 1. The van der Waals surface area contributed by atoms with Gasteiger partial charge in [-0.25, -0.2) is 4.98 Å². The maximum absolute atomic E-state index is 12.8. The second-order valence-electron chi connectivity index (χ2n) is 6.07.